The molecular weight excluding hydrogens is 353 g/mol. The Morgan fingerprint density at radius 1 is 0.923 bits per heavy atom. The number of hydrogen-bond donors (Lipinski definition) is 1. The molecule has 0 amide bonds. The summed E-state index contributed by atoms with van der Waals surface area (Å²) in [6.45, 7) is 0. The lowest BCUT2D eigenvalue weighted by Gasteiger charge is -2.12. The zero-order valence-corrected chi connectivity index (χ0v) is 14.3. The van der Waals surface area contributed by atoms with Gasteiger partial charge in [-0.25, -0.2) is 17.8 Å². The van der Waals surface area contributed by atoms with Gasteiger partial charge in [0.2, 0.25) is 0 Å². The molecule has 0 saturated carbocycles. The van der Waals surface area contributed by atoms with Crippen LogP contribution in [0.3, 0.4) is 0 Å². The van der Waals surface area contributed by atoms with Gasteiger partial charge in [0.1, 0.15) is 16.4 Å². The van der Waals surface area contributed by atoms with E-state index in [2.05, 4.69) is 9.71 Å². The number of halogens is 1. The third-order valence-corrected chi connectivity index (χ3v) is 5.34. The van der Waals surface area contributed by atoms with Crippen molar-refractivity contribution in [2.45, 2.75) is 4.90 Å². The predicted octanol–water partition coefficient (Wildman–Crippen LogP) is 3.94. The van der Waals surface area contributed by atoms with Crippen molar-refractivity contribution in [1.82, 2.24) is 9.38 Å². The molecule has 0 aliphatic carbocycles. The van der Waals surface area contributed by atoms with Gasteiger partial charge in [-0.05, 0) is 30.3 Å². The van der Waals surface area contributed by atoms with Crippen LogP contribution < -0.4 is 4.72 Å². The van der Waals surface area contributed by atoms with Gasteiger partial charge >= 0.3 is 0 Å². The number of aromatic nitrogens is 2. The van der Waals surface area contributed by atoms with Crippen LogP contribution in [0.5, 0.6) is 0 Å². The number of pyridine rings is 1. The average Bonchev–Trinajstić information content (AvgIpc) is 3.06. The fraction of sp³-hybridized carbons (Fsp3) is 0. The Morgan fingerprint density at radius 3 is 2.46 bits per heavy atom. The van der Waals surface area contributed by atoms with E-state index in [1.807, 2.05) is 35.0 Å². The monoisotopic (exact) mass is 367 g/mol. The van der Waals surface area contributed by atoms with Crippen molar-refractivity contribution >= 4 is 21.4 Å². The van der Waals surface area contributed by atoms with E-state index in [4.69, 9.17) is 0 Å². The van der Waals surface area contributed by atoms with Crippen LogP contribution in [0.4, 0.5) is 10.1 Å². The number of nitrogens with zero attached hydrogens (tertiary/aromatic N) is 2. The van der Waals surface area contributed by atoms with Gasteiger partial charge < -0.3 is 4.40 Å². The van der Waals surface area contributed by atoms with E-state index in [0.717, 1.165) is 11.7 Å². The van der Waals surface area contributed by atoms with Crippen molar-refractivity contribution in [2.75, 3.05) is 4.72 Å². The fourth-order valence-electron chi connectivity index (χ4n) is 2.72. The van der Waals surface area contributed by atoms with Crippen LogP contribution >= 0.6 is 0 Å². The smallest absolute Gasteiger partial charge is 0.264 e. The molecular formula is C19H14FN3O2S. The Bertz CT molecular complexity index is 1170. The van der Waals surface area contributed by atoms with E-state index in [1.54, 1.807) is 24.3 Å². The molecule has 0 saturated heterocycles. The average molecular weight is 367 g/mol. The van der Waals surface area contributed by atoms with Crippen molar-refractivity contribution in [2.24, 2.45) is 0 Å². The minimum Gasteiger partial charge on any atom is -0.306 e. The second-order valence-electron chi connectivity index (χ2n) is 5.67. The molecule has 2 aromatic heterocycles. The first kappa shape index (κ1) is 16.3. The van der Waals surface area contributed by atoms with E-state index in [-0.39, 0.29) is 0 Å². The van der Waals surface area contributed by atoms with E-state index >= 15 is 0 Å². The van der Waals surface area contributed by atoms with E-state index in [9.17, 15) is 12.8 Å². The van der Waals surface area contributed by atoms with Crippen molar-refractivity contribution in [3.05, 3.63) is 84.9 Å². The molecule has 0 aliphatic rings. The van der Waals surface area contributed by atoms with Crippen molar-refractivity contribution in [3.63, 3.8) is 0 Å². The van der Waals surface area contributed by atoms with Gasteiger partial charge in [0, 0.05) is 18.0 Å². The topological polar surface area (TPSA) is 63.5 Å². The highest BCUT2D eigenvalue weighted by Gasteiger charge is 2.20. The van der Waals surface area contributed by atoms with Crippen LogP contribution in [0, 0.1) is 5.82 Å². The van der Waals surface area contributed by atoms with E-state index < -0.39 is 20.7 Å². The highest BCUT2D eigenvalue weighted by molar-refractivity contribution is 7.92. The lowest BCUT2D eigenvalue weighted by molar-refractivity contribution is 0.570. The van der Waals surface area contributed by atoms with Crippen molar-refractivity contribution < 1.29 is 12.8 Å². The second kappa shape index (κ2) is 6.27. The molecule has 130 valence electrons. The normalized spacial score (nSPS) is 11.6. The summed E-state index contributed by atoms with van der Waals surface area (Å²) in [4.78, 5) is 4.12. The maximum absolute atomic E-state index is 13.9. The molecule has 7 heteroatoms. The van der Waals surface area contributed by atoms with Crippen LogP contribution in [0.1, 0.15) is 0 Å². The lowest BCUT2D eigenvalue weighted by Crippen LogP contribution is -2.15. The van der Waals surface area contributed by atoms with Crippen LogP contribution in [0.25, 0.3) is 16.9 Å². The van der Waals surface area contributed by atoms with Crippen LogP contribution in [0.2, 0.25) is 0 Å². The van der Waals surface area contributed by atoms with Crippen molar-refractivity contribution in [1.29, 1.82) is 0 Å². The zero-order valence-electron chi connectivity index (χ0n) is 13.5. The summed E-state index contributed by atoms with van der Waals surface area (Å²) in [7, 11) is -4.06. The molecule has 0 fully saturated rings. The Hall–Kier alpha value is -3.19. The molecule has 0 atom stereocenters. The van der Waals surface area contributed by atoms with Gasteiger partial charge in [-0.15, -0.1) is 0 Å². The number of anilines is 1. The Morgan fingerprint density at radius 2 is 1.65 bits per heavy atom. The number of nitrogens with one attached hydrogen (secondary N) is 1. The molecule has 4 aromatic rings. The Labute approximate surface area is 149 Å². The van der Waals surface area contributed by atoms with Crippen molar-refractivity contribution in [3.8, 4) is 11.3 Å². The van der Waals surface area contributed by atoms with Crippen LogP contribution in [-0.2, 0) is 10.0 Å². The maximum atomic E-state index is 13.9. The summed E-state index contributed by atoms with van der Waals surface area (Å²) in [5, 5.41) is 0. The summed E-state index contributed by atoms with van der Waals surface area (Å²) in [6.07, 6.45) is 3.67. The maximum Gasteiger partial charge on any atom is 0.264 e. The fourth-order valence-corrected chi connectivity index (χ4v) is 3.88. The quantitative estimate of drug-likeness (QED) is 0.594. The number of para-hydroxylation sites is 1. The highest BCUT2D eigenvalue weighted by atomic mass is 32.2. The molecule has 0 bridgehead atoms. The van der Waals surface area contributed by atoms with Gasteiger partial charge in [0.15, 0.2) is 0 Å². The Balaban J connectivity index is 1.78. The lowest BCUT2D eigenvalue weighted by atomic mass is 10.1. The molecule has 0 radical (unpaired) electrons. The number of hydrogen-bond acceptors (Lipinski definition) is 3. The van der Waals surface area contributed by atoms with Gasteiger partial charge in [-0.1, -0.05) is 36.4 Å². The molecule has 2 heterocycles. The first-order valence-electron chi connectivity index (χ1n) is 7.85. The van der Waals surface area contributed by atoms with Crippen LogP contribution in [-0.4, -0.2) is 17.8 Å². The number of sulfonamides is 1. The SMILES string of the molecule is O=S(=O)(Nc1ccccc1-c1cn2ccccc2n1)c1ccccc1F. The molecule has 2 aromatic carbocycles. The standard InChI is InChI=1S/C19H14FN3O2S/c20-15-8-2-4-10-18(15)26(24,25)22-16-9-3-1-7-14(16)17-13-23-12-6-5-11-19(23)21-17/h1-13,22H. The number of rotatable bonds is 4. The molecule has 0 spiro atoms. The largest absolute Gasteiger partial charge is 0.306 e. The first-order valence-corrected chi connectivity index (χ1v) is 9.33. The third kappa shape index (κ3) is 2.93. The summed E-state index contributed by atoms with van der Waals surface area (Å²) in [5.74, 6) is -0.801. The second-order valence-corrected chi connectivity index (χ2v) is 7.32. The molecule has 1 N–H and O–H groups in total. The van der Waals surface area contributed by atoms with Gasteiger partial charge in [-0.3, -0.25) is 4.72 Å². The Kier molecular flexibility index (Phi) is 3.93. The van der Waals surface area contributed by atoms with Crippen LogP contribution in [0.15, 0.2) is 84.0 Å². The zero-order chi connectivity index (χ0) is 18.1. The van der Waals surface area contributed by atoms with Gasteiger partial charge in [0.25, 0.3) is 10.0 Å². The van der Waals surface area contributed by atoms with Gasteiger partial charge in [0.05, 0.1) is 11.4 Å². The minimum atomic E-state index is -4.06. The summed E-state index contributed by atoms with van der Waals surface area (Å²) in [5.41, 5.74) is 2.30. The number of benzene rings is 2. The van der Waals surface area contributed by atoms with E-state index in [0.29, 0.717) is 16.9 Å². The molecule has 4 rings (SSSR count). The molecule has 5 nitrogen and oxygen atoms in total. The summed E-state index contributed by atoms with van der Waals surface area (Å²) >= 11 is 0. The predicted molar refractivity (Wildman–Crippen MR) is 97.8 cm³/mol. The van der Waals surface area contributed by atoms with Gasteiger partial charge in [-0.2, -0.15) is 0 Å². The summed E-state index contributed by atoms with van der Waals surface area (Å²) in [6, 6.07) is 17.8. The first-order chi connectivity index (χ1) is 12.5. The molecule has 0 unspecified atom stereocenters. The number of imidazole rings is 1. The molecule has 26 heavy (non-hydrogen) atoms. The third-order valence-electron chi connectivity index (χ3n) is 3.94. The number of fused-ring (bicyclic) bond motifs is 1. The summed E-state index contributed by atoms with van der Waals surface area (Å²) < 4.78 is 43.4. The molecule has 0 aliphatic heterocycles. The highest BCUT2D eigenvalue weighted by Crippen LogP contribution is 2.29. The van der Waals surface area contributed by atoms with E-state index in [1.165, 1.54) is 18.2 Å². The minimum absolute atomic E-state index is 0.333.